The lowest BCUT2D eigenvalue weighted by Gasteiger charge is -2.36. The summed E-state index contributed by atoms with van der Waals surface area (Å²) < 4.78 is 58.9. The highest BCUT2D eigenvalue weighted by Gasteiger charge is 2.34. The summed E-state index contributed by atoms with van der Waals surface area (Å²) in [4.78, 5) is 12.0. The number of nitrogens with zero attached hydrogens (tertiary/aromatic N) is 4. The molecule has 4 rings (SSSR count). The van der Waals surface area contributed by atoms with Crippen LogP contribution in [0.1, 0.15) is 5.69 Å². The third-order valence-electron chi connectivity index (χ3n) is 5.12. The van der Waals surface area contributed by atoms with Gasteiger partial charge in [-0.15, -0.1) is 0 Å². The number of aromatic nitrogens is 2. The SMILES string of the molecule is COc1cccc(-c2cc(C(F)(F)F)nc(N3CCN(c4ccc(F)cc4)CC3)n2)c1. The van der Waals surface area contributed by atoms with Crippen LogP contribution in [0.4, 0.5) is 29.2 Å². The lowest BCUT2D eigenvalue weighted by Crippen LogP contribution is -2.47. The van der Waals surface area contributed by atoms with Crippen LogP contribution in [0, 0.1) is 5.82 Å². The highest BCUT2D eigenvalue weighted by molar-refractivity contribution is 5.63. The van der Waals surface area contributed by atoms with Crippen molar-refractivity contribution in [1.82, 2.24) is 9.97 Å². The van der Waals surface area contributed by atoms with Gasteiger partial charge in [-0.1, -0.05) is 12.1 Å². The van der Waals surface area contributed by atoms with Crippen LogP contribution in [0.15, 0.2) is 54.6 Å². The Morgan fingerprint density at radius 2 is 1.55 bits per heavy atom. The van der Waals surface area contributed by atoms with Crippen molar-refractivity contribution >= 4 is 11.6 Å². The number of rotatable bonds is 4. The summed E-state index contributed by atoms with van der Waals surface area (Å²) in [5.41, 5.74) is 0.565. The Morgan fingerprint density at radius 3 is 2.19 bits per heavy atom. The molecule has 1 saturated heterocycles. The van der Waals surface area contributed by atoms with Gasteiger partial charge in [0.1, 0.15) is 11.6 Å². The Hall–Kier alpha value is -3.36. The highest BCUT2D eigenvalue weighted by atomic mass is 19.4. The summed E-state index contributed by atoms with van der Waals surface area (Å²) in [6.45, 7) is 1.99. The normalized spacial score (nSPS) is 14.6. The third-order valence-corrected chi connectivity index (χ3v) is 5.12. The molecule has 1 aromatic heterocycles. The number of hydrogen-bond acceptors (Lipinski definition) is 5. The van der Waals surface area contributed by atoms with Crippen molar-refractivity contribution in [3.05, 3.63) is 66.1 Å². The van der Waals surface area contributed by atoms with Crippen molar-refractivity contribution in [2.45, 2.75) is 6.18 Å². The predicted molar refractivity (Wildman–Crippen MR) is 110 cm³/mol. The lowest BCUT2D eigenvalue weighted by molar-refractivity contribution is -0.141. The standard InChI is InChI=1S/C22H20F4N4O/c1-31-18-4-2-3-15(13-18)19-14-20(22(24,25)26)28-21(27-19)30-11-9-29(10-12-30)17-7-5-16(23)6-8-17/h2-8,13-14H,9-12H2,1H3. The summed E-state index contributed by atoms with van der Waals surface area (Å²) in [5, 5.41) is 0. The van der Waals surface area contributed by atoms with E-state index in [0.29, 0.717) is 37.5 Å². The Bertz CT molecular complexity index is 1050. The quantitative estimate of drug-likeness (QED) is 0.562. The van der Waals surface area contributed by atoms with E-state index < -0.39 is 11.9 Å². The van der Waals surface area contributed by atoms with Crippen LogP contribution < -0.4 is 14.5 Å². The first-order valence-corrected chi connectivity index (χ1v) is 9.69. The maximum absolute atomic E-state index is 13.5. The molecule has 9 heteroatoms. The second-order valence-electron chi connectivity index (χ2n) is 7.12. The Kier molecular flexibility index (Phi) is 5.67. The average molecular weight is 432 g/mol. The maximum Gasteiger partial charge on any atom is 0.433 e. The van der Waals surface area contributed by atoms with Gasteiger partial charge in [0, 0.05) is 37.4 Å². The van der Waals surface area contributed by atoms with Gasteiger partial charge in [0.05, 0.1) is 12.8 Å². The highest BCUT2D eigenvalue weighted by Crippen LogP contribution is 2.33. The number of halogens is 4. The minimum atomic E-state index is -4.60. The van der Waals surface area contributed by atoms with E-state index >= 15 is 0 Å². The zero-order valence-electron chi connectivity index (χ0n) is 16.7. The van der Waals surface area contributed by atoms with Gasteiger partial charge in [0.25, 0.3) is 0 Å². The fraction of sp³-hybridized carbons (Fsp3) is 0.273. The molecule has 0 amide bonds. The number of benzene rings is 2. The van der Waals surface area contributed by atoms with Crippen molar-refractivity contribution < 1.29 is 22.3 Å². The van der Waals surface area contributed by atoms with Crippen molar-refractivity contribution in [2.24, 2.45) is 0 Å². The van der Waals surface area contributed by atoms with Gasteiger partial charge in [0.2, 0.25) is 5.95 Å². The molecule has 0 bridgehead atoms. The number of anilines is 2. The average Bonchev–Trinajstić information content (AvgIpc) is 2.79. The monoisotopic (exact) mass is 432 g/mol. The molecule has 0 spiro atoms. The van der Waals surface area contributed by atoms with Crippen molar-refractivity contribution in [1.29, 1.82) is 0 Å². The molecule has 0 N–H and O–H groups in total. The van der Waals surface area contributed by atoms with E-state index in [0.717, 1.165) is 11.8 Å². The molecular weight excluding hydrogens is 412 g/mol. The minimum absolute atomic E-state index is 0.0337. The summed E-state index contributed by atoms with van der Waals surface area (Å²) in [6.07, 6.45) is -4.60. The minimum Gasteiger partial charge on any atom is -0.497 e. The van der Waals surface area contributed by atoms with Crippen LogP contribution in [-0.4, -0.2) is 43.3 Å². The Morgan fingerprint density at radius 1 is 0.871 bits per heavy atom. The van der Waals surface area contributed by atoms with Gasteiger partial charge in [-0.05, 0) is 42.5 Å². The number of methoxy groups -OCH3 is 1. The molecular formula is C22H20F4N4O. The van der Waals surface area contributed by atoms with E-state index in [-0.39, 0.29) is 17.5 Å². The summed E-state index contributed by atoms with van der Waals surface area (Å²) in [7, 11) is 1.49. The summed E-state index contributed by atoms with van der Waals surface area (Å²) in [6, 6.07) is 13.8. The molecule has 162 valence electrons. The fourth-order valence-corrected chi connectivity index (χ4v) is 3.47. The largest absolute Gasteiger partial charge is 0.497 e. The first-order chi connectivity index (χ1) is 14.8. The maximum atomic E-state index is 13.5. The first kappa shape index (κ1) is 20.9. The lowest BCUT2D eigenvalue weighted by atomic mass is 10.1. The molecule has 3 aromatic rings. The van der Waals surface area contributed by atoms with Crippen molar-refractivity contribution in [3.63, 3.8) is 0 Å². The topological polar surface area (TPSA) is 41.5 Å². The van der Waals surface area contributed by atoms with Crippen LogP contribution in [-0.2, 0) is 6.18 Å². The van der Waals surface area contributed by atoms with Crippen LogP contribution in [0.2, 0.25) is 0 Å². The van der Waals surface area contributed by atoms with E-state index in [2.05, 4.69) is 9.97 Å². The molecule has 0 atom stereocenters. The van der Waals surface area contributed by atoms with Gasteiger partial charge in [-0.25, -0.2) is 14.4 Å². The molecule has 2 aromatic carbocycles. The van der Waals surface area contributed by atoms with Gasteiger partial charge in [-0.3, -0.25) is 0 Å². The molecule has 5 nitrogen and oxygen atoms in total. The third kappa shape index (κ3) is 4.70. The fourth-order valence-electron chi connectivity index (χ4n) is 3.47. The molecule has 2 heterocycles. The van der Waals surface area contributed by atoms with Gasteiger partial charge in [0.15, 0.2) is 5.69 Å². The predicted octanol–water partition coefficient (Wildman–Crippen LogP) is 4.64. The van der Waals surface area contributed by atoms with E-state index in [9.17, 15) is 17.6 Å². The summed E-state index contributed by atoms with van der Waals surface area (Å²) >= 11 is 0. The first-order valence-electron chi connectivity index (χ1n) is 9.69. The van der Waals surface area contributed by atoms with Crippen molar-refractivity contribution in [3.8, 4) is 17.0 Å². The van der Waals surface area contributed by atoms with Crippen LogP contribution >= 0.6 is 0 Å². The smallest absolute Gasteiger partial charge is 0.433 e. The van der Waals surface area contributed by atoms with Crippen LogP contribution in [0.3, 0.4) is 0 Å². The van der Waals surface area contributed by atoms with E-state index in [1.807, 2.05) is 4.90 Å². The molecule has 1 aliphatic rings. The van der Waals surface area contributed by atoms with E-state index in [1.165, 1.54) is 19.2 Å². The molecule has 0 saturated carbocycles. The van der Waals surface area contributed by atoms with E-state index in [1.54, 1.807) is 41.3 Å². The second-order valence-corrected chi connectivity index (χ2v) is 7.12. The number of hydrogen-bond donors (Lipinski definition) is 0. The zero-order valence-corrected chi connectivity index (χ0v) is 16.7. The molecule has 0 radical (unpaired) electrons. The Labute approximate surface area is 176 Å². The second kappa shape index (κ2) is 8.41. The molecule has 31 heavy (non-hydrogen) atoms. The van der Waals surface area contributed by atoms with Crippen LogP contribution in [0.5, 0.6) is 5.75 Å². The summed E-state index contributed by atoms with van der Waals surface area (Å²) in [5.74, 6) is 0.246. The molecule has 1 aliphatic heterocycles. The number of alkyl halides is 3. The molecule has 0 unspecified atom stereocenters. The number of ether oxygens (including phenoxy) is 1. The molecule has 1 fully saturated rings. The molecule has 0 aliphatic carbocycles. The number of piperazine rings is 1. The Balaban J connectivity index is 1.61. The van der Waals surface area contributed by atoms with Gasteiger partial charge < -0.3 is 14.5 Å². The zero-order chi connectivity index (χ0) is 22.0. The van der Waals surface area contributed by atoms with E-state index in [4.69, 9.17) is 4.74 Å². The van der Waals surface area contributed by atoms with Crippen molar-refractivity contribution in [2.75, 3.05) is 43.1 Å². The van der Waals surface area contributed by atoms with Gasteiger partial charge in [-0.2, -0.15) is 13.2 Å². The van der Waals surface area contributed by atoms with Gasteiger partial charge >= 0.3 is 6.18 Å². The van der Waals surface area contributed by atoms with Crippen LogP contribution in [0.25, 0.3) is 11.3 Å².